The highest BCUT2D eigenvalue weighted by molar-refractivity contribution is 5.91. The molecule has 24 heavy (non-hydrogen) atoms. The number of para-hydroxylation sites is 2. The molecule has 2 aromatic carbocycles. The molecule has 0 bridgehead atoms. The Morgan fingerprint density at radius 2 is 1.33 bits per heavy atom. The molecule has 0 heterocycles. The Labute approximate surface area is 141 Å². The molecule has 1 saturated carbocycles. The van der Waals surface area contributed by atoms with E-state index < -0.39 is 5.97 Å². The van der Waals surface area contributed by atoms with Gasteiger partial charge in [0.15, 0.2) is 11.5 Å². The zero-order valence-corrected chi connectivity index (χ0v) is 13.4. The minimum absolute atomic E-state index is 0.0587. The van der Waals surface area contributed by atoms with Crippen molar-refractivity contribution in [3.63, 3.8) is 0 Å². The molecule has 1 fully saturated rings. The molecule has 0 atom stereocenters. The zero-order valence-electron chi connectivity index (χ0n) is 13.4. The van der Waals surface area contributed by atoms with Crippen LogP contribution in [0.25, 0.3) is 0 Å². The van der Waals surface area contributed by atoms with Gasteiger partial charge >= 0.3 is 11.9 Å². The summed E-state index contributed by atoms with van der Waals surface area (Å²) in [6.45, 7) is 0. The van der Waals surface area contributed by atoms with E-state index in [1.165, 1.54) is 6.42 Å². The summed E-state index contributed by atoms with van der Waals surface area (Å²) in [5.74, 6) is -0.223. The lowest BCUT2D eigenvalue weighted by atomic mass is 9.89. The highest BCUT2D eigenvalue weighted by Crippen LogP contribution is 2.30. The van der Waals surface area contributed by atoms with Gasteiger partial charge in [-0.05, 0) is 37.1 Å². The van der Waals surface area contributed by atoms with E-state index in [2.05, 4.69) is 0 Å². The van der Waals surface area contributed by atoms with Gasteiger partial charge in [0.25, 0.3) is 0 Å². The van der Waals surface area contributed by atoms with Gasteiger partial charge in [-0.3, -0.25) is 4.79 Å². The fourth-order valence-electron chi connectivity index (χ4n) is 2.88. The number of carbonyl (C=O) groups is 2. The fraction of sp³-hybridized carbons (Fsp3) is 0.300. The third kappa shape index (κ3) is 4.02. The van der Waals surface area contributed by atoms with E-state index in [0.29, 0.717) is 5.56 Å². The summed E-state index contributed by atoms with van der Waals surface area (Å²) in [4.78, 5) is 24.5. The molecule has 4 heteroatoms. The van der Waals surface area contributed by atoms with Crippen molar-refractivity contribution < 1.29 is 19.1 Å². The van der Waals surface area contributed by atoms with Gasteiger partial charge in [-0.1, -0.05) is 49.6 Å². The molecule has 0 amide bonds. The van der Waals surface area contributed by atoms with Crippen LogP contribution in [-0.4, -0.2) is 11.9 Å². The van der Waals surface area contributed by atoms with Gasteiger partial charge in [0.1, 0.15) is 0 Å². The number of carbonyl (C=O) groups excluding carboxylic acids is 2. The van der Waals surface area contributed by atoms with Gasteiger partial charge in [-0.25, -0.2) is 4.79 Å². The van der Waals surface area contributed by atoms with Crippen molar-refractivity contribution >= 4 is 11.9 Å². The van der Waals surface area contributed by atoms with Crippen LogP contribution in [0.5, 0.6) is 11.5 Å². The molecule has 0 N–H and O–H groups in total. The van der Waals surface area contributed by atoms with Gasteiger partial charge in [0.05, 0.1) is 11.5 Å². The highest BCUT2D eigenvalue weighted by atomic mass is 16.6. The van der Waals surface area contributed by atoms with Crippen LogP contribution in [0.15, 0.2) is 54.6 Å². The van der Waals surface area contributed by atoms with Crippen LogP contribution in [0, 0.1) is 5.92 Å². The second kappa shape index (κ2) is 7.77. The second-order valence-corrected chi connectivity index (χ2v) is 5.96. The molecule has 1 aliphatic rings. The zero-order chi connectivity index (χ0) is 16.8. The van der Waals surface area contributed by atoms with Crippen molar-refractivity contribution in [2.75, 3.05) is 0 Å². The summed E-state index contributed by atoms with van der Waals surface area (Å²) < 4.78 is 10.9. The first-order valence-corrected chi connectivity index (χ1v) is 8.32. The normalized spacial score (nSPS) is 14.8. The molecule has 0 saturated heterocycles. The maximum atomic E-state index is 12.3. The van der Waals surface area contributed by atoms with E-state index in [1.807, 2.05) is 6.07 Å². The summed E-state index contributed by atoms with van der Waals surface area (Å²) in [6.07, 6.45) is 5.03. The van der Waals surface area contributed by atoms with Gasteiger partial charge in [-0.2, -0.15) is 0 Å². The molecule has 2 aromatic rings. The largest absolute Gasteiger partial charge is 0.422 e. The lowest BCUT2D eigenvalue weighted by molar-refractivity contribution is -0.140. The van der Waals surface area contributed by atoms with E-state index in [4.69, 9.17) is 9.47 Å². The van der Waals surface area contributed by atoms with Crippen molar-refractivity contribution in [3.05, 3.63) is 60.2 Å². The number of esters is 2. The molecule has 124 valence electrons. The Bertz CT molecular complexity index is 703. The Morgan fingerprint density at radius 3 is 2.00 bits per heavy atom. The van der Waals surface area contributed by atoms with Crippen LogP contribution in [0.1, 0.15) is 42.5 Å². The molecule has 0 spiro atoms. The van der Waals surface area contributed by atoms with Crippen molar-refractivity contribution in [3.8, 4) is 11.5 Å². The molecule has 1 aliphatic carbocycles. The Morgan fingerprint density at radius 1 is 0.750 bits per heavy atom. The molecular weight excluding hydrogens is 304 g/mol. The van der Waals surface area contributed by atoms with Gasteiger partial charge < -0.3 is 9.47 Å². The van der Waals surface area contributed by atoms with Crippen molar-refractivity contribution in [1.82, 2.24) is 0 Å². The molecule has 0 aromatic heterocycles. The minimum Gasteiger partial charge on any atom is -0.422 e. The Kier molecular flexibility index (Phi) is 5.26. The number of hydrogen-bond donors (Lipinski definition) is 0. The topological polar surface area (TPSA) is 52.6 Å². The Hall–Kier alpha value is -2.62. The van der Waals surface area contributed by atoms with Crippen molar-refractivity contribution in [2.45, 2.75) is 32.1 Å². The van der Waals surface area contributed by atoms with Crippen LogP contribution in [0.2, 0.25) is 0 Å². The van der Waals surface area contributed by atoms with Gasteiger partial charge in [-0.15, -0.1) is 0 Å². The van der Waals surface area contributed by atoms with E-state index >= 15 is 0 Å². The minimum atomic E-state index is -0.475. The number of benzene rings is 2. The van der Waals surface area contributed by atoms with Crippen LogP contribution in [-0.2, 0) is 4.79 Å². The van der Waals surface area contributed by atoms with Crippen molar-refractivity contribution in [2.24, 2.45) is 5.92 Å². The first-order chi connectivity index (χ1) is 11.7. The average molecular weight is 324 g/mol. The van der Waals surface area contributed by atoms with Crippen LogP contribution in [0.4, 0.5) is 0 Å². The van der Waals surface area contributed by atoms with Crippen LogP contribution < -0.4 is 9.47 Å². The first-order valence-electron chi connectivity index (χ1n) is 8.32. The molecule has 3 rings (SSSR count). The van der Waals surface area contributed by atoms with E-state index in [-0.39, 0.29) is 23.4 Å². The second-order valence-electron chi connectivity index (χ2n) is 5.96. The fourth-order valence-corrected chi connectivity index (χ4v) is 2.88. The predicted octanol–water partition coefficient (Wildman–Crippen LogP) is 4.39. The van der Waals surface area contributed by atoms with Crippen molar-refractivity contribution in [1.29, 1.82) is 0 Å². The predicted molar refractivity (Wildman–Crippen MR) is 90.1 cm³/mol. The van der Waals surface area contributed by atoms with Gasteiger partial charge in [0, 0.05) is 0 Å². The monoisotopic (exact) mass is 324 g/mol. The molecule has 0 unspecified atom stereocenters. The molecular formula is C20H20O4. The average Bonchev–Trinajstić information content (AvgIpc) is 2.64. The Balaban J connectivity index is 1.71. The van der Waals surface area contributed by atoms with E-state index in [1.54, 1.807) is 48.5 Å². The maximum Gasteiger partial charge on any atom is 0.343 e. The lowest BCUT2D eigenvalue weighted by Gasteiger charge is -2.20. The summed E-state index contributed by atoms with van der Waals surface area (Å²) >= 11 is 0. The standard InChI is InChI=1S/C20H20O4/c21-19(15-9-3-1-4-10-15)23-17-13-7-8-14-18(17)24-20(22)16-11-5-2-6-12-16/h1,3-4,7-10,13-14,16H,2,5-6,11-12H2. The SMILES string of the molecule is O=C(Oc1ccccc1OC(=O)C1CCCCC1)c1ccccc1. The highest BCUT2D eigenvalue weighted by Gasteiger charge is 2.24. The first kappa shape index (κ1) is 16.2. The smallest absolute Gasteiger partial charge is 0.343 e. The molecule has 0 aliphatic heterocycles. The van der Waals surface area contributed by atoms with Gasteiger partial charge in [0.2, 0.25) is 0 Å². The third-order valence-corrected chi connectivity index (χ3v) is 4.21. The molecule has 4 nitrogen and oxygen atoms in total. The maximum absolute atomic E-state index is 12.3. The van der Waals surface area contributed by atoms with Crippen LogP contribution in [0.3, 0.4) is 0 Å². The third-order valence-electron chi connectivity index (χ3n) is 4.21. The number of ether oxygens (including phenoxy) is 2. The quantitative estimate of drug-likeness (QED) is 0.618. The number of rotatable bonds is 4. The van der Waals surface area contributed by atoms with Crippen LogP contribution >= 0.6 is 0 Å². The van der Waals surface area contributed by atoms with E-state index in [0.717, 1.165) is 25.7 Å². The lowest BCUT2D eigenvalue weighted by Crippen LogP contribution is -2.23. The summed E-state index contributed by atoms with van der Waals surface area (Å²) in [7, 11) is 0. The van der Waals surface area contributed by atoms with E-state index in [9.17, 15) is 9.59 Å². The summed E-state index contributed by atoms with van der Waals surface area (Å²) in [6, 6.07) is 15.5. The number of hydrogen-bond acceptors (Lipinski definition) is 4. The summed E-state index contributed by atoms with van der Waals surface area (Å²) in [5.41, 5.74) is 0.450. The summed E-state index contributed by atoms with van der Waals surface area (Å²) in [5, 5.41) is 0. The molecule has 0 radical (unpaired) electrons.